The Bertz CT molecular complexity index is 121. The Hall–Kier alpha value is -0.440. The summed E-state index contributed by atoms with van der Waals surface area (Å²) in [6.07, 6.45) is 11.9. The Morgan fingerprint density at radius 2 is 1.70 bits per heavy atom. The third-order valence-electron chi connectivity index (χ3n) is 2.31. The van der Waals surface area contributed by atoms with Crippen molar-refractivity contribution in [2.45, 2.75) is 46.5 Å². The van der Waals surface area contributed by atoms with Gasteiger partial charge >= 0.3 is 0 Å². The van der Waals surface area contributed by atoms with E-state index in [0.717, 1.165) is 0 Å². The van der Waals surface area contributed by atoms with Crippen LogP contribution in [0.1, 0.15) is 46.5 Å². The summed E-state index contributed by atoms with van der Waals surface area (Å²) >= 11 is 0. The molecule has 0 heterocycles. The molecule has 0 aliphatic heterocycles. The second-order valence-corrected chi connectivity index (χ2v) is 3.27. The van der Waals surface area contributed by atoms with E-state index in [1.807, 2.05) is 0 Å². The zero-order valence-electron chi connectivity index (χ0n) is 6.11. The van der Waals surface area contributed by atoms with Crippen molar-refractivity contribution in [2.24, 2.45) is 5.41 Å². The molecule has 0 aromatic rings. The van der Waals surface area contributed by atoms with Crippen LogP contribution < -0.4 is 0 Å². The number of hydrogen-bond donors (Lipinski definition) is 0. The molecule has 0 aromatic carbocycles. The number of hydrogen-bond acceptors (Lipinski definition) is 0. The lowest BCUT2D eigenvalue weighted by molar-refractivity contribution is 0.300. The van der Waals surface area contributed by atoms with E-state index >= 15 is 0 Å². The van der Waals surface area contributed by atoms with Crippen LogP contribution in [0.5, 0.6) is 0 Å². The Balaban J connectivity index is 0.000000810. The first-order chi connectivity index (χ1) is 4.27. The maximum atomic E-state index is 5.39. The Labute approximate surface area is 65.0 Å². The Morgan fingerprint density at radius 1 is 1.20 bits per heavy atom. The SMILES string of the molecule is C.C#CC1(C)CCCCC1. The van der Waals surface area contributed by atoms with Gasteiger partial charge in [-0.05, 0) is 19.8 Å². The molecule has 1 rings (SSSR count). The minimum Gasteiger partial charge on any atom is -0.120 e. The van der Waals surface area contributed by atoms with Crippen molar-refractivity contribution in [1.82, 2.24) is 0 Å². The minimum absolute atomic E-state index is 0. The maximum absolute atomic E-state index is 5.39. The molecule has 0 aromatic heterocycles. The lowest BCUT2D eigenvalue weighted by Crippen LogP contribution is -2.16. The molecule has 0 spiro atoms. The summed E-state index contributed by atoms with van der Waals surface area (Å²) in [4.78, 5) is 0. The topological polar surface area (TPSA) is 0 Å². The fourth-order valence-corrected chi connectivity index (χ4v) is 1.48. The summed E-state index contributed by atoms with van der Waals surface area (Å²) in [6.45, 7) is 2.20. The summed E-state index contributed by atoms with van der Waals surface area (Å²) in [7, 11) is 0. The van der Waals surface area contributed by atoms with Gasteiger partial charge in [-0.2, -0.15) is 0 Å². The van der Waals surface area contributed by atoms with Crippen LogP contribution in [-0.2, 0) is 0 Å². The van der Waals surface area contributed by atoms with Gasteiger partial charge in [0.05, 0.1) is 0 Å². The first-order valence-corrected chi connectivity index (χ1v) is 3.75. The summed E-state index contributed by atoms with van der Waals surface area (Å²) in [5, 5.41) is 0. The average molecular weight is 138 g/mol. The molecule has 0 bridgehead atoms. The lowest BCUT2D eigenvalue weighted by atomic mass is 9.77. The largest absolute Gasteiger partial charge is 0.120 e. The van der Waals surface area contributed by atoms with Crippen molar-refractivity contribution in [2.75, 3.05) is 0 Å². The van der Waals surface area contributed by atoms with Crippen LogP contribution in [0.2, 0.25) is 0 Å². The molecule has 58 valence electrons. The van der Waals surface area contributed by atoms with Gasteiger partial charge in [0.2, 0.25) is 0 Å². The molecular weight excluding hydrogens is 120 g/mol. The van der Waals surface area contributed by atoms with E-state index in [0.29, 0.717) is 0 Å². The van der Waals surface area contributed by atoms with E-state index < -0.39 is 0 Å². The second-order valence-electron chi connectivity index (χ2n) is 3.27. The molecular formula is C10H18. The highest BCUT2D eigenvalue weighted by Gasteiger charge is 2.23. The summed E-state index contributed by atoms with van der Waals surface area (Å²) < 4.78 is 0. The van der Waals surface area contributed by atoms with Gasteiger partial charge in [0, 0.05) is 5.41 Å². The van der Waals surface area contributed by atoms with Crippen LogP contribution in [0.15, 0.2) is 0 Å². The van der Waals surface area contributed by atoms with Crippen LogP contribution >= 0.6 is 0 Å². The molecule has 1 aliphatic rings. The van der Waals surface area contributed by atoms with Gasteiger partial charge in [0.25, 0.3) is 0 Å². The van der Waals surface area contributed by atoms with Crippen molar-refractivity contribution in [3.05, 3.63) is 0 Å². The van der Waals surface area contributed by atoms with Crippen molar-refractivity contribution in [1.29, 1.82) is 0 Å². The van der Waals surface area contributed by atoms with Crippen molar-refractivity contribution < 1.29 is 0 Å². The molecule has 0 unspecified atom stereocenters. The molecule has 0 N–H and O–H groups in total. The molecule has 10 heavy (non-hydrogen) atoms. The van der Waals surface area contributed by atoms with Gasteiger partial charge in [-0.3, -0.25) is 0 Å². The predicted octanol–water partition coefficient (Wildman–Crippen LogP) is 3.23. The summed E-state index contributed by atoms with van der Waals surface area (Å²) in [5.74, 6) is 2.88. The van der Waals surface area contributed by atoms with Crippen molar-refractivity contribution in [3.63, 3.8) is 0 Å². The van der Waals surface area contributed by atoms with E-state index in [2.05, 4.69) is 12.8 Å². The molecule has 0 radical (unpaired) electrons. The highest BCUT2D eigenvalue weighted by molar-refractivity contribution is 5.03. The molecule has 0 nitrogen and oxygen atoms in total. The van der Waals surface area contributed by atoms with Gasteiger partial charge in [0.1, 0.15) is 0 Å². The molecule has 0 amide bonds. The van der Waals surface area contributed by atoms with E-state index in [-0.39, 0.29) is 12.8 Å². The van der Waals surface area contributed by atoms with Crippen LogP contribution in [0, 0.1) is 17.8 Å². The number of rotatable bonds is 0. The summed E-state index contributed by atoms with van der Waals surface area (Å²) in [6, 6.07) is 0. The zero-order chi connectivity index (χ0) is 6.74. The third kappa shape index (κ3) is 2.06. The van der Waals surface area contributed by atoms with Crippen LogP contribution in [-0.4, -0.2) is 0 Å². The van der Waals surface area contributed by atoms with Gasteiger partial charge < -0.3 is 0 Å². The standard InChI is InChI=1S/C9H14.CH4/c1-3-9(2)7-5-4-6-8-9;/h1H,4-8H2,2H3;1H4. The smallest absolute Gasteiger partial charge is 0.0284 e. The molecule has 0 atom stereocenters. The van der Waals surface area contributed by atoms with Crippen molar-refractivity contribution in [3.8, 4) is 12.3 Å². The van der Waals surface area contributed by atoms with Gasteiger partial charge in [-0.1, -0.05) is 26.7 Å². The molecule has 1 saturated carbocycles. The van der Waals surface area contributed by atoms with Crippen LogP contribution in [0.4, 0.5) is 0 Å². The predicted molar refractivity (Wildman–Crippen MR) is 46.8 cm³/mol. The van der Waals surface area contributed by atoms with Crippen LogP contribution in [0.25, 0.3) is 0 Å². The fourth-order valence-electron chi connectivity index (χ4n) is 1.48. The van der Waals surface area contributed by atoms with Crippen LogP contribution in [0.3, 0.4) is 0 Å². The van der Waals surface area contributed by atoms with Gasteiger partial charge in [0.15, 0.2) is 0 Å². The minimum atomic E-state index is 0. The van der Waals surface area contributed by atoms with Gasteiger partial charge in [-0.15, -0.1) is 12.3 Å². The van der Waals surface area contributed by atoms with E-state index in [9.17, 15) is 0 Å². The normalized spacial score (nSPS) is 22.4. The van der Waals surface area contributed by atoms with E-state index in [1.54, 1.807) is 0 Å². The van der Waals surface area contributed by atoms with E-state index in [4.69, 9.17) is 6.42 Å². The summed E-state index contributed by atoms with van der Waals surface area (Å²) in [5.41, 5.74) is 0.248. The van der Waals surface area contributed by atoms with E-state index in [1.165, 1.54) is 32.1 Å². The fraction of sp³-hybridized carbons (Fsp3) is 0.800. The average Bonchev–Trinajstić information content (AvgIpc) is 1.90. The Morgan fingerprint density at radius 3 is 2.00 bits per heavy atom. The first kappa shape index (κ1) is 9.56. The second kappa shape index (κ2) is 3.66. The monoisotopic (exact) mass is 138 g/mol. The molecule has 1 fully saturated rings. The lowest BCUT2D eigenvalue weighted by Gasteiger charge is -2.27. The molecule has 1 aliphatic carbocycles. The first-order valence-electron chi connectivity index (χ1n) is 3.75. The Kier molecular flexibility index (Phi) is 3.50. The zero-order valence-corrected chi connectivity index (χ0v) is 6.11. The number of terminal acetylenes is 1. The molecule has 0 saturated heterocycles. The third-order valence-corrected chi connectivity index (χ3v) is 2.31. The maximum Gasteiger partial charge on any atom is 0.0284 e. The quantitative estimate of drug-likeness (QED) is 0.451. The van der Waals surface area contributed by atoms with Crippen molar-refractivity contribution >= 4 is 0 Å². The highest BCUT2D eigenvalue weighted by atomic mass is 14.3. The van der Waals surface area contributed by atoms with Gasteiger partial charge in [-0.25, -0.2) is 0 Å². The molecule has 0 heteroatoms. The highest BCUT2D eigenvalue weighted by Crippen LogP contribution is 2.34.